The van der Waals surface area contributed by atoms with E-state index in [1.54, 1.807) is 16.0 Å². The number of hydrogen-bond acceptors (Lipinski definition) is 5. The number of likely N-dealkylation sites (tertiary alicyclic amines) is 1. The first-order valence-corrected chi connectivity index (χ1v) is 13.8. The second-order valence-electron chi connectivity index (χ2n) is 11.7. The van der Waals surface area contributed by atoms with Gasteiger partial charge in [0.15, 0.2) is 6.19 Å². The lowest BCUT2D eigenvalue weighted by Gasteiger charge is -2.36. The summed E-state index contributed by atoms with van der Waals surface area (Å²) in [5.74, 6) is -0.306. The summed E-state index contributed by atoms with van der Waals surface area (Å²) in [4.78, 5) is 35.5. The van der Waals surface area contributed by atoms with E-state index in [4.69, 9.17) is 0 Å². The first-order chi connectivity index (χ1) is 18.1. The third kappa shape index (κ3) is 6.92. The number of aliphatic imine (C=N–C) groups is 1. The molecule has 7 nitrogen and oxygen atoms in total. The van der Waals surface area contributed by atoms with Crippen molar-refractivity contribution >= 4 is 24.2 Å². The summed E-state index contributed by atoms with van der Waals surface area (Å²) in [6.45, 7) is 14.5. The van der Waals surface area contributed by atoms with Crippen LogP contribution in [0.25, 0.3) is 0 Å². The van der Waals surface area contributed by atoms with Crippen molar-refractivity contribution < 1.29 is 9.59 Å². The molecule has 1 N–H and O–H groups in total. The standard InChI is InChI=1S/C31H43N5O2/c1-7-11-23(19-33-6)28(29(37)34-25-12-9-8-10-13-25)36(26-16-14-24(15-17-26)31(3,4)5)30(38)27-18-22(2)20-35(27)21-32/h7,11,14-17,19,22,25,27-28H,6,8-10,12-13,18,20H2,1-5H3,(H,34,37)/b11-7-,23-19+. The molecule has 1 aromatic rings. The number of amides is 2. The molecule has 0 radical (unpaired) electrons. The quantitative estimate of drug-likeness (QED) is 0.281. The van der Waals surface area contributed by atoms with E-state index in [1.807, 2.05) is 50.3 Å². The lowest BCUT2D eigenvalue weighted by Crippen LogP contribution is -2.56. The summed E-state index contributed by atoms with van der Waals surface area (Å²) in [7, 11) is 0. The molecule has 1 saturated heterocycles. The molecule has 7 heteroatoms. The lowest BCUT2D eigenvalue weighted by molar-refractivity contribution is -0.127. The molecule has 2 fully saturated rings. The Bertz CT molecular complexity index is 1090. The van der Waals surface area contributed by atoms with E-state index < -0.39 is 12.1 Å². The molecular weight excluding hydrogens is 474 g/mol. The van der Waals surface area contributed by atoms with Crippen LogP contribution in [0, 0.1) is 17.4 Å². The number of nitrogens with zero attached hydrogens (tertiary/aromatic N) is 4. The van der Waals surface area contributed by atoms with Crippen molar-refractivity contribution in [3.63, 3.8) is 0 Å². The normalized spacial score (nSPS) is 21.7. The molecule has 0 bridgehead atoms. The van der Waals surface area contributed by atoms with E-state index in [0.717, 1.165) is 31.2 Å². The van der Waals surface area contributed by atoms with Crippen LogP contribution < -0.4 is 10.2 Å². The van der Waals surface area contributed by atoms with E-state index in [2.05, 4.69) is 44.0 Å². The van der Waals surface area contributed by atoms with Crippen molar-refractivity contribution in [3.05, 3.63) is 53.8 Å². The average Bonchev–Trinajstić information content (AvgIpc) is 3.27. The number of hydrogen-bond donors (Lipinski definition) is 1. The van der Waals surface area contributed by atoms with Gasteiger partial charge in [-0.05, 0) is 61.9 Å². The Labute approximate surface area is 228 Å². The highest BCUT2D eigenvalue weighted by Gasteiger charge is 2.42. The first-order valence-electron chi connectivity index (χ1n) is 13.8. The summed E-state index contributed by atoms with van der Waals surface area (Å²) < 4.78 is 0. The topological polar surface area (TPSA) is 88.8 Å². The molecule has 0 aromatic heterocycles. The number of carbonyl (C=O) groups excluding carboxylic acids is 2. The number of nitrogens with one attached hydrogen (secondary N) is 1. The molecule has 1 heterocycles. The Morgan fingerprint density at radius 3 is 2.42 bits per heavy atom. The Morgan fingerprint density at radius 2 is 1.87 bits per heavy atom. The highest BCUT2D eigenvalue weighted by atomic mass is 16.2. The van der Waals surface area contributed by atoms with E-state index in [9.17, 15) is 14.9 Å². The molecule has 2 amide bonds. The maximum Gasteiger partial charge on any atom is 0.251 e. The fourth-order valence-corrected chi connectivity index (χ4v) is 5.52. The van der Waals surface area contributed by atoms with Crippen LogP contribution in [0.4, 0.5) is 5.69 Å². The minimum absolute atomic E-state index is 0.0631. The monoisotopic (exact) mass is 517 g/mol. The number of benzene rings is 1. The van der Waals surface area contributed by atoms with Gasteiger partial charge in [-0.15, -0.1) is 0 Å². The van der Waals surface area contributed by atoms with Gasteiger partial charge in [0.1, 0.15) is 12.1 Å². The lowest BCUT2D eigenvalue weighted by atomic mass is 9.87. The summed E-state index contributed by atoms with van der Waals surface area (Å²) in [5.41, 5.74) is 2.25. The third-order valence-electron chi connectivity index (χ3n) is 7.55. The van der Waals surface area contributed by atoms with Crippen LogP contribution in [-0.2, 0) is 15.0 Å². The van der Waals surface area contributed by atoms with Crippen molar-refractivity contribution in [1.82, 2.24) is 10.2 Å². The van der Waals surface area contributed by atoms with E-state index >= 15 is 0 Å². The Balaban J connectivity index is 2.14. The number of carbonyl (C=O) groups is 2. The molecule has 38 heavy (non-hydrogen) atoms. The molecule has 3 unspecified atom stereocenters. The summed E-state index contributed by atoms with van der Waals surface area (Å²) in [6.07, 6.45) is 13.1. The number of anilines is 1. The Hall–Kier alpha value is -3.40. The molecule has 1 aliphatic carbocycles. The predicted octanol–water partition coefficient (Wildman–Crippen LogP) is 5.49. The van der Waals surface area contributed by atoms with Gasteiger partial charge in [0, 0.05) is 30.0 Å². The highest BCUT2D eigenvalue weighted by molar-refractivity contribution is 6.05. The SMILES string of the molecule is C=N/C=C(\C=C/C)C(C(=O)NC1CCCCC1)N(C(=O)C1CC(C)CN1C#N)c1ccc(C(C)(C)C)cc1. The van der Waals surface area contributed by atoms with Gasteiger partial charge in [-0.25, -0.2) is 0 Å². The zero-order chi connectivity index (χ0) is 27.9. The van der Waals surface area contributed by atoms with Gasteiger partial charge in [0.05, 0.1) is 0 Å². The van der Waals surface area contributed by atoms with Gasteiger partial charge in [-0.2, -0.15) is 5.26 Å². The second kappa shape index (κ2) is 12.9. The number of allylic oxidation sites excluding steroid dienone is 1. The van der Waals surface area contributed by atoms with Crippen LogP contribution in [0.2, 0.25) is 0 Å². The van der Waals surface area contributed by atoms with E-state index in [-0.39, 0.29) is 29.2 Å². The average molecular weight is 518 g/mol. The predicted molar refractivity (Wildman–Crippen MR) is 154 cm³/mol. The van der Waals surface area contributed by atoms with Crippen molar-refractivity contribution in [1.29, 1.82) is 5.26 Å². The third-order valence-corrected chi connectivity index (χ3v) is 7.55. The van der Waals surface area contributed by atoms with Gasteiger partial charge in [-0.1, -0.05) is 71.2 Å². The molecule has 1 saturated carbocycles. The molecule has 1 aromatic carbocycles. The van der Waals surface area contributed by atoms with Crippen molar-refractivity contribution in [2.75, 3.05) is 11.4 Å². The van der Waals surface area contributed by atoms with Crippen LogP contribution >= 0.6 is 0 Å². The zero-order valence-corrected chi connectivity index (χ0v) is 23.6. The van der Waals surface area contributed by atoms with Crippen LogP contribution in [0.15, 0.2) is 53.2 Å². The largest absolute Gasteiger partial charge is 0.351 e. The Morgan fingerprint density at radius 1 is 1.21 bits per heavy atom. The fourth-order valence-electron chi connectivity index (χ4n) is 5.52. The van der Waals surface area contributed by atoms with Gasteiger partial charge >= 0.3 is 0 Å². The van der Waals surface area contributed by atoms with Gasteiger partial charge in [0.25, 0.3) is 5.91 Å². The molecule has 1 aliphatic heterocycles. The first kappa shape index (κ1) is 29.2. The van der Waals surface area contributed by atoms with Crippen LogP contribution in [0.1, 0.15) is 78.7 Å². The molecule has 204 valence electrons. The molecular formula is C31H43N5O2. The smallest absolute Gasteiger partial charge is 0.251 e. The minimum Gasteiger partial charge on any atom is -0.351 e. The Kier molecular flexibility index (Phi) is 9.90. The van der Waals surface area contributed by atoms with E-state index in [0.29, 0.717) is 24.2 Å². The molecule has 3 atom stereocenters. The molecule has 2 aliphatic rings. The summed E-state index contributed by atoms with van der Waals surface area (Å²) in [5, 5.41) is 13.0. The minimum atomic E-state index is -0.955. The van der Waals surface area contributed by atoms with Crippen molar-refractivity contribution in [2.24, 2.45) is 10.9 Å². The summed E-state index contributed by atoms with van der Waals surface area (Å²) in [6, 6.07) is 6.32. The van der Waals surface area contributed by atoms with Gasteiger partial charge in [-0.3, -0.25) is 24.4 Å². The zero-order valence-electron chi connectivity index (χ0n) is 23.6. The fraction of sp³-hybridized carbons (Fsp3) is 0.548. The summed E-state index contributed by atoms with van der Waals surface area (Å²) >= 11 is 0. The maximum absolute atomic E-state index is 14.3. The highest BCUT2D eigenvalue weighted by Crippen LogP contribution is 2.32. The van der Waals surface area contributed by atoms with Crippen LogP contribution in [0.5, 0.6) is 0 Å². The number of nitriles is 1. The second-order valence-corrected chi connectivity index (χ2v) is 11.7. The van der Waals surface area contributed by atoms with Gasteiger partial charge in [0.2, 0.25) is 5.91 Å². The molecule has 3 rings (SSSR count). The van der Waals surface area contributed by atoms with Crippen molar-refractivity contribution in [2.45, 2.75) is 96.7 Å². The van der Waals surface area contributed by atoms with E-state index in [1.165, 1.54) is 6.42 Å². The number of rotatable bonds is 8. The maximum atomic E-state index is 14.3. The van der Waals surface area contributed by atoms with Crippen LogP contribution in [0.3, 0.4) is 0 Å². The molecule has 0 spiro atoms. The van der Waals surface area contributed by atoms with Gasteiger partial charge < -0.3 is 5.32 Å². The van der Waals surface area contributed by atoms with Crippen LogP contribution in [-0.4, -0.2) is 48.1 Å². The van der Waals surface area contributed by atoms with Crippen molar-refractivity contribution in [3.8, 4) is 6.19 Å².